The lowest BCUT2D eigenvalue weighted by Crippen LogP contribution is -2.29. The van der Waals surface area contributed by atoms with Crippen molar-refractivity contribution in [2.75, 3.05) is 25.6 Å². The summed E-state index contributed by atoms with van der Waals surface area (Å²) < 4.78 is 1.45. The number of phenolic OH excluding ortho intramolecular Hbond substituents is 1. The average molecular weight is 573 g/mol. The maximum atomic E-state index is 13.5. The van der Waals surface area contributed by atoms with Gasteiger partial charge in [-0.1, -0.05) is 42.5 Å². The van der Waals surface area contributed by atoms with Crippen molar-refractivity contribution in [1.29, 1.82) is 5.41 Å². The molecule has 43 heavy (non-hydrogen) atoms. The van der Waals surface area contributed by atoms with Crippen molar-refractivity contribution < 1.29 is 5.11 Å². The van der Waals surface area contributed by atoms with Crippen LogP contribution in [0.2, 0.25) is 0 Å². The van der Waals surface area contributed by atoms with Crippen molar-refractivity contribution in [1.82, 2.24) is 14.5 Å². The van der Waals surface area contributed by atoms with Crippen LogP contribution in [0.25, 0.3) is 27.7 Å². The van der Waals surface area contributed by atoms with Gasteiger partial charge in [0.1, 0.15) is 11.6 Å². The summed E-state index contributed by atoms with van der Waals surface area (Å²) in [7, 11) is 2.17. The van der Waals surface area contributed by atoms with Crippen LogP contribution in [0.3, 0.4) is 0 Å². The van der Waals surface area contributed by atoms with Crippen LogP contribution in [0.4, 0.5) is 5.82 Å². The number of hydrogen-bond donors (Lipinski definition) is 5. The van der Waals surface area contributed by atoms with Crippen molar-refractivity contribution in [3.8, 4) is 22.7 Å². The lowest BCUT2D eigenvalue weighted by Gasteiger charge is -2.29. The molecule has 5 aromatic rings. The number of para-hydroxylation sites is 1. The van der Waals surface area contributed by atoms with E-state index >= 15 is 0 Å². The van der Waals surface area contributed by atoms with E-state index in [1.807, 2.05) is 24.3 Å². The quantitative estimate of drug-likeness (QED) is 0.0919. The lowest BCUT2D eigenvalue weighted by atomic mass is 9.89. The van der Waals surface area contributed by atoms with Gasteiger partial charge in [-0.2, -0.15) is 0 Å². The smallest absolute Gasteiger partial charge is 0.263 e. The van der Waals surface area contributed by atoms with E-state index in [0.29, 0.717) is 39.9 Å². The summed E-state index contributed by atoms with van der Waals surface area (Å²) in [5, 5.41) is 21.9. The van der Waals surface area contributed by atoms with Crippen LogP contribution in [0.5, 0.6) is 5.75 Å². The summed E-state index contributed by atoms with van der Waals surface area (Å²) in [5.74, 6) is 7.37. The molecule has 1 aliphatic carbocycles. The summed E-state index contributed by atoms with van der Waals surface area (Å²) in [4.78, 5) is 19.2. The molecule has 1 saturated carbocycles. The Labute approximate surface area is 250 Å². The number of nitrogens with two attached hydrogens (primary N) is 1. The van der Waals surface area contributed by atoms with E-state index in [4.69, 9.17) is 11.3 Å². The largest absolute Gasteiger partial charge is 0.505 e. The Balaban J connectivity index is 1.19. The zero-order valence-electron chi connectivity index (χ0n) is 24.2. The second kappa shape index (κ2) is 10.9. The minimum absolute atomic E-state index is 0.0839. The summed E-state index contributed by atoms with van der Waals surface area (Å²) in [6, 6.07) is 23.5. The van der Waals surface area contributed by atoms with Crippen LogP contribution in [-0.2, 0) is 0 Å². The molecule has 2 fully saturated rings. The molecule has 0 atom stereocenters. The predicted molar refractivity (Wildman–Crippen MR) is 173 cm³/mol. The molecule has 218 valence electrons. The molecule has 1 aliphatic heterocycles. The van der Waals surface area contributed by atoms with Crippen molar-refractivity contribution in [3.05, 3.63) is 112 Å². The van der Waals surface area contributed by atoms with E-state index in [-0.39, 0.29) is 17.0 Å². The van der Waals surface area contributed by atoms with Crippen LogP contribution in [-0.4, -0.2) is 45.4 Å². The first-order valence-electron chi connectivity index (χ1n) is 15.0. The Morgan fingerprint density at radius 3 is 2.37 bits per heavy atom. The Bertz CT molecular complexity index is 1890. The highest BCUT2D eigenvalue weighted by Crippen LogP contribution is 2.41. The molecule has 0 bridgehead atoms. The van der Waals surface area contributed by atoms with Crippen LogP contribution >= 0.6 is 0 Å². The second-order valence-electron chi connectivity index (χ2n) is 12.0. The number of hydrogen-bond acceptors (Lipinski definition) is 6. The number of H-pyrrole nitrogens is 1. The Morgan fingerprint density at radius 2 is 1.65 bits per heavy atom. The van der Waals surface area contributed by atoms with Gasteiger partial charge in [-0.25, -0.2) is 5.84 Å². The number of nitrogens with one attached hydrogen (secondary N) is 3. The van der Waals surface area contributed by atoms with Gasteiger partial charge in [0.2, 0.25) is 0 Å². The fourth-order valence-corrected chi connectivity index (χ4v) is 6.40. The number of hydrazine groups is 1. The maximum absolute atomic E-state index is 13.5. The minimum atomic E-state index is -0.212. The van der Waals surface area contributed by atoms with E-state index in [2.05, 4.69) is 52.7 Å². The first-order valence-corrected chi connectivity index (χ1v) is 15.0. The number of benzene rings is 3. The van der Waals surface area contributed by atoms with Gasteiger partial charge in [0, 0.05) is 28.4 Å². The molecular formula is C35H36N6O2. The Hall–Kier alpha value is -4.66. The summed E-state index contributed by atoms with van der Waals surface area (Å²) in [6.45, 7) is 2.23. The molecule has 1 saturated heterocycles. The number of aromatic nitrogens is 2. The molecule has 3 aromatic carbocycles. The SMILES string of the molecule is CN1CCC(c2ccc(-c3cc(C(=N)c4cccc(-n5ccc6cc(C7CC7)ccc6c5=O)c4O)c(NN)[nH]3)cc2)CC1. The molecule has 2 aliphatic rings. The van der Waals surface area contributed by atoms with Gasteiger partial charge in [0.15, 0.2) is 0 Å². The van der Waals surface area contributed by atoms with Gasteiger partial charge in [-0.3, -0.25) is 14.8 Å². The Kier molecular flexibility index (Phi) is 6.88. The summed E-state index contributed by atoms with van der Waals surface area (Å²) >= 11 is 0. The van der Waals surface area contributed by atoms with Gasteiger partial charge >= 0.3 is 0 Å². The molecule has 7 rings (SSSR count). The van der Waals surface area contributed by atoms with Crippen molar-refractivity contribution in [2.45, 2.75) is 37.5 Å². The van der Waals surface area contributed by atoms with E-state index in [0.717, 1.165) is 42.6 Å². The highest BCUT2D eigenvalue weighted by Gasteiger charge is 2.24. The monoisotopic (exact) mass is 572 g/mol. The number of nitrogens with zero attached hydrogens (tertiary/aromatic N) is 2. The minimum Gasteiger partial charge on any atom is -0.505 e. The average Bonchev–Trinajstić information content (AvgIpc) is 3.80. The highest BCUT2D eigenvalue weighted by atomic mass is 16.3. The molecule has 8 heteroatoms. The molecule has 6 N–H and O–H groups in total. The fraction of sp³-hybridized carbons (Fsp3) is 0.257. The number of pyridine rings is 1. The van der Waals surface area contributed by atoms with Crippen LogP contribution < -0.4 is 16.8 Å². The predicted octanol–water partition coefficient (Wildman–Crippen LogP) is 6.08. The molecular weight excluding hydrogens is 536 g/mol. The zero-order valence-corrected chi connectivity index (χ0v) is 24.2. The first-order chi connectivity index (χ1) is 20.9. The molecule has 0 radical (unpaired) electrons. The normalized spacial score (nSPS) is 16.0. The number of nitrogen functional groups attached to an aromatic ring is 1. The maximum Gasteiger partial charge on any atom is 0.263 e. The van der Waals surface area contributed by atoms with Crippen LogP contribution in [0.1, 0.15) is 59.8 Å². The number of rotatable bonds is 7. The Morgan fingerprint density at radius 1 is 0.930 bits per heavy atom. The third-order valence-electron chi connectivity index (χ3n) is 9.16. The van der Waals surface area contributed by atoms with Gasteiger partial charge in [0.25, 0.3) is 5.56 Å². The van der Waals surface area contributed by atoms with Gasteiger partial charge in [-0.15, -0.1) is 0 Å². The fourth-order valence-electron chi connectivity index (χ4n) is 6.40. The number of aromatic amines is 1. The standard InChI is InChI=1S/C35H36N6O2/c1-40-16-13-23(14-17-40)21-7-9-24(10-8-21)30-20-29(34(38-30)39-37)32(36)28-3-2-4-31(33(28)42)41-18-15-26-19-25(22-5-6-22)11-12-27(26)35(41)43/h2-4,7-12,15,18-20,22-23,36,38-39,42H,5-6,13-14,16-17,37H2,1H3. The number of phenols is 1. The van der Waals surface area contributed by atoms with E-state index in [1.54, 1.807) is 24.4 Å². The molecule has 0 amide bonds. The lowest BCUT2D eigenvalue weighted by molar-refractivity contribution is 0.255. The molecule has 2 aromatic heterocycles. The number of fused-ring (bicyclic) bond motifs is 1. The molecule has 3 heterocycles. The zero-order chi connectivity index (χ0) is 29.7. The highest BCUT2D eigenvalue weighted by molar-refractivity contribution is 6.16. The van der Waals surface area contributed by atoms with E-state index in [9.17, 15) is 9.90 Å². The molecule has 0 spiro atoms. The summed E-state index contributed by atoms with van der Waals surface area (Å²) in [5.41, 5.74) is 8.11. The number of anilines is 1. The van der Waals surface area contributed by atoms with Crippen molar-refractivity contribution in [2.24, 2.45) is 5.84 Å². The molecule has 8 nitrogen and oxygen atoms in total. The molecule has 0 unspecified atom stereocenters. The third kappa shape index (κ3) is 5.02. The van der Waals surface area contributed by atoms with E-state index < -0.39 is 0 Å². The number of aromatic hydroxyl groups is 1. The van der Waals surface area contributed by atoms with Gasteiger partial charge < -0.3 is 20.4 Å². The van der Waals surface area contributed by atoms with Gasteiger partial charge in [-0.05, 0) is 110 Å². The van der Waals surface area contributed by atoms with Gasteiger partial charge in [0.05, 0.1) is 11.4 Å². The first kappa shape index (κ1) is 27.2. The van der Waals surface area contributed by atoms with Crippen LogP contribution in [0.15, 0.2) is 83.8 Å². The number of piperidine rings is 1. The summed E-state index contributed by atoms with van der Waals surface area (Å²) in [6.07, 6.45) is 6.42. The topological polar surface area (TPSA) is 123 Å². The second-order valence-corrected chi connectivity index (χ2v) is 12.0. The van der Waals surface area contributed by atoms with Crippen molar-refractivity contribution >= 4 is 22.3 Å². The number of likely N-dealkylation sites (tertiary alicyclic amines) is 1. The van der Waals surface area contributed by atoms with Crippen molar-refractivity contribution in [3.63, 3.8) is 0 Å². The van der Waals surface area contributed by atoms with Crippen LogP contribution in [0, 0.1) is 5.41 Å². The van der Waals surface area contributed by atoms with E-state index in [1.165, 1.54) is 28.5 Å². The third-order valence-corrected chi connectivity index (χ3v) is 9.16.